The van der Waals surface area contributed by atoms with Crippen LogP contribution in [0.3, 0.4) is 0 Å². The number of epoxide rings is 1. The maximum absolute atomic E-state index is 13.1. The number of ether oxygens (including phenoxy) is 2. The van der Waals surface area contributed by atoms with Crippen molar-refractivity contribution in [3.8, 4) is 0 Å². The quantitative estimate of drug-likeness (QED) is 0.492. The summed E-state index contributed by atoms with van der Waals surface area (Å²) in [6.07, 6.45) is 4.02. The summed E-state index contributed by atoms with van der Waals surface area (Å²) >= 11 is 1.55. The van der Waals surface area contributed by atoms with Gasteiger partial charge >= 0.3 is 5.97 Å². The molecule has 1 aromatic heterocycles. The van der Waals surface area contributed by atoms with Crippen LogP contribution in [0.4, 0.5) is 0 Å². The van der Waals surface area contributed by atoms with E-state index in [0.29, 0.717) is 6.42 Å². The summed E-state index contributed by atoms with van der Waals surface area (Å²) < 4.78 is 11.5. The van der Waals surface area contributed by atoms with Gasteiger partial charge in [-0.25, -0.2) is 4.98 Å². The minimum Gasteiger partial charge on any atom is -0.458 e. The number of thiazole rings is 1. The van der Waals surface area contributed by atoms with E-state index in [2.05, 4.69) is 4.98 Å². The van der Waals surface area contributed by atoms with E-state index < -0.39 is 35.6 Å². The number of hydrogen-bond acceptors (Lipinski definition) is 8. The van der Waals surface area contributed by atoms with Crippen molar-refractivity contribution in [2.45, 2.75) is 97.2 Å². The summed E-state index contributed by atoms with van der Waals surface area (Å²) in [6.45, 7) is 8.82. The first-order valence-electron chi connectivity index (χ1n) is 11.8. The van der Waals surface area contributed by atoms with Crippen molar-refractivity contribution in [2.24, 2.45) is 17.3 Å². The second-order valence-corrected chi connectivity index (χ2v) is 11.2. The summed E-state index contributed by atoms with van der Waals surface area (Å²) in [5, 5.41) is 24.4. The first-order chi connectivity index (χ1) is 15.5. The highest BCUT2D eigenvalue weighted by Crippen LogP contribution is 2.35. The van der Waals surface area contributed by atoms with E-state index in [0.717, 1.165) is 30.0 Å². The van der Waals surface area contributed by atoms with Crippen LogP contribution in [-0.4, -0.2) is 57.5 Å². The molecule has 0 aliphatic carbocycles. The number of rotatable bonds is 2. The molecule has 7 nitrogen and oxygen atoms in total. The van der Waals surface area contributed by atoms with E-state index in [9.17, 15) is 19.8 Å². The number of aliphatic hydroxyl groups excluding tert-OH is 2. The van der Waals surface area contributed by atoms with Gasteiger partial charge in [0.2, 0.25) is 0 Å². The Hall–Kier alpha value is -1.61. The van der Waals surface area contributed by atoms with Gasteiger partial charge in [0.25, 0.3) is 0 Å². The zero-order valence-electron chi connectivity index (χ0n) is 20.2. The Balaban J connectivity index is 1.77. The molecule has 3 rings (SSSR count). The van der Waals surface area contributed by atoms with Gasteiger partial charge in [-0.2, -0.15) is 0 Å². The fourth-order valence-corrected chi connectivity index (χ4v) is 5.12. The van der Waals surface area contributed by atoms with Crippen LogP contribution in [0.5, 0.6) is 0 Å². The van der Waals surface area contributed by atoms with Gasteiger partial charge in [0.1, 0.15) is 11.9 Å². The van der Waals surface area contributed by atoms with Crippen LogP contribution in [0.15, 0.2) is 11.5 Å². The van der Waals surface area contributed by atoms with Crippen LogP contribution in [-0.2, 0) is 19.1 Å². The molecule has 0 radical (unpaired) electrons. The van der Waals surface area contributed by atoms with Crippen molar-refractivity contribution < 1.29 is 29.3 Å². The smallest absolute Gasteiger partial charge is 0.309 e. The van der Waals surface area contributed by atoms with Crippen molar-refractivity contribution in [3.05, 3.63) is 22.2 Å². The average molecular weight is 480 g/mol. The number of fused-ring (bicyclic) bond motifs is 1. The van der Waals surface area contributed by atoms with E-state index in [4.69, 9.17) is 9.47 Å². The molecule has 8 heteroatoms. The van der Waals surface area contributed by atoms with Crippen molar-refractivity contribution in [1.29, 1.82) is 0 Å². The van der Waals surface area contributed by atoms with Gasteiger partial charge in [-0.1, -0.05) is 34.1 Å². The first-order valence-corrected chi connectivity index (χ1v) is 12.7. The van der Waals surface area contributed by atoms with Crippen LogP contribution in [0.2, 0.25) is 0 Å². The molecule has 0 bridgehead atoms. The standard InChI is InChI=1S/C25H37NO6S/c1-14-7-6-8-19-20(32-19)11-18(10-9-17-13-33-16(3)26-17)31-22(28)12-21(27)25(4,5)24(30)15(2)23(14)29/h9-10,13-15,18-21,23,27,29H,6-8,11-12H2,1-5H3/t14-,15+,18?,19+,20-,21-,23-/m0/s1. The lowest BCUT2D eigenvalue weighted by molar-refractivity contribution is -0.154. The topological polar surface area (TPSA) is 109 Å². The third-order valence-electron chi connectivity index (χ3n) is 7.04. The zero-order valence-corrected chi connectivity index (χ0v) is 21.0. The maximum atomic E-state index is 13.1. The van der Waals surface area contributed by atoms with Crippen LogP contribution >= 0.6 is 11.3 Å². The Kier molecular flexibility index (Phi) is 8.48. The van der Waals surface area contributed by atoms with Gasteiger partial charge in [0.05, 0.1) is 47.0 Å². The Morgan fingerprint density at radius 1 is 1.18 bits per heavy atom. The number of aryl methyl sites for hydroxylation is 1. The monoisotopic (exact) mass is 479 g/mol. The molecule has 2 aliphatic heterocycles. The molecule has 184 valence electrons. The highest BCUT2D eigenvalue weighted by Gasteiger charge is 2.44. The van der Waals surface area contributed by atoms with Gasteiger partial charge in [-0.05, 0) is 37.8 Å². The number of hydrogen-bond donors (Lipinski definition) is 2. The second kappa shape index (κ2) is 10.8. The number of aromatic nitrogens is 1. The number of Topliss-reactive ketones (excluding diaryl/α,β-unsaturated/α-hetero) is 1. The molecule has 7 atom stereocenters. The van der Waals surface area contributed by atoms with Gasteiger partial charge < -0.3 is 19.7 Å². The number of esters is 1. The van der Waals surface area contributed by atoms with E-state index in [1.54, 1.807) is 32.1 Å². The number of ketones is 1. The van der Waals surface area contributed by atoms with E-state index in [-0.39, 0.29) is 30.3 Å². The molecule has 0 aromatic carbocycles. The third-order valence-corrected chi connectivity index (χ3v) is 7.83. The SMILES string of the molecule is Cc1nc(C=CC2C[C@@H]3O[C@@H]3CCC[C@H](C)[C@H](O)[C@@H](C)C(=O)C(C)(C)[C@@H](O)CC(=O)O2)cs1. The number of nitrogens with zero attached hydrogens (tertiary/aromatic N) is 1. The lowest BCUT2D eigenvalue weighted by atomic mass is 9.73. The van der Waals surface area contributed by atoms with Crippen molar-refractivity contribution in [3.63, 3.8) is 0 Å². The Morgan fingerprint density at radius 3 is 2.58 bits per heavy atom. The molecule has 1 aromatic rings. The molecular formula is C25H37NO6S. The van der Waals surface area contributed by atoms with Gasteiger partial charge in [-0.3, -0.25) is 9.59 Å². The highest BCUT2D eigenvalue weighted by molar-refractivity contribution is 7.09. The molecule has 2 N–H and O–H groups in total. The van der Waals surface area contributed by atoms with E-state index in [1.165, 1.54) is 0 Å². The predicted octanol–water partition coefficient (Wildman–Crippen LogP) is 3.70. The summed E-state index contributed by atoms with van der Waals surface area (Å²) in [7, 11) is 0. The number of carbonyl (C=O) groups is 2. The minimum absolute atomic E-state index is 0.0135. The van der Waals surface area contributed by atoms with Crippen LogP contribution in [0.25, 0.3) is 6.08 Å². The van der Waals surface area contributed by atoms with Crippen LogP contribution < -0.4 is 0 Å². The molecule has 2 saturated heterocycles. The average Bonchev–Trinajstić information content (AvgIpc) is 3.35. The number of aliphatic hydroxyl groups is 2. The summed E-state index contributed by atoms with van der Waals surface area (Å²) in [5.74, 6) is -1.52. The Labute approximate surface area is 200 Å². The van der Waals surface area contributed by atoms with E-state index in [1.807, 2.05) is 31.4 Å². The fraction of sp³-hybridized carbons (Fsp3) is 0.720. The minimum atomic E-state index is -1.22. The zero-order chi connectivity index (χ0) is 24.3. The van der Waals surface area contributed by atoms with E-state index >= 15 is 0 Å². The summed E-state index contributed by atoms with van der Waals surface area (Å²) in [5.41, 5.74) is -0.382. The Bertz CT molecular complexity index is 865. The van der Waals surface area contributed by atoms with Gasteiger partial charge in [0, 0.05) is 17.7 Å². The van der Waals surface area contributed by atoms with Crippen LogP contribution in [0.1, 0.15) is 70.5 Å². The molecule has 1 unspecified atom stereocenters. The van der Waals surface area contributed by atoms with Gasteiger partial charge in [0.15, 0.2) is 0 Å². The highest BCUT2D eigenvalue weighted by atomic mass is 32.1. The molecular weight excluding hydrogens is 442 g/mol. The Morgan fingerprint density at radius 2 is 1.91 bits per heavy atom. The maximum Gasteiger partial charge on any atom is 0.309 e. The molecule has 3 heterocycles. The molecule has 2 fully saturated rings. The van der Waals surface area contributed by atoms with Crippen molar-refractivity contribution in [2.75, 3.05) is 0 Å². The first kappa shape index (κ1) is 26.0. The normalized spacial score (nSPS) is 36.4. The largest absolute Gasteiger partial charge is 0.458 e. The van der Waals surface area contributed by atoms with Gasteiger partial charge in [-0.15, -0.1) is 11.3 Å². The molecule has 33 heavy (non-hydrogen) atoms. The lowest BCUT2D eigenvalue weighted by Crippen LogP contribution is -2.45. The predicted molar refractivity (Wildman–Crippen MR) is 127 cm³/mol. The van der Waals surface area contributed by atoms with Crippen LogP contribution in [0, 0.1) is 24.2 Å². The molecule has 2 aliphatic rings. The van der Waals surface area contributed by atoms with Crippen molar-refractivity contribution >= 4 is 29.2 Å². The number of cyclic esters (lactones) is 1. The lowest BCUT2D eigenvalue weighted by Gasteiger charge is -2.34. The molecule has 0 spiro atoms. The summed E-state index contributed by atoms with van der Waals surface area (Å²) in [6, 6.07) is 0. The summed E-state index contributed by atoms with van der Waals surface area (Å²) in [4.78, 5) is 30.2. The number of carbonyl (C=O) groups excluding carboxylic acids is 2. The second-order valence-electron chi connectivity index (χ2n) is 10.1. The van der Waals surface area contributed by atoms with Crippen molar-refractivity contribution in [1.82, 2.24) is 4.98 Å². The molecule has 0 amide bonds. The third kappa shape index (κ3) is 6.72. The molecule has 0 saturated carbocycles. The fourth-order valence-electron chi connectivity index (χ4n) is 4.54.